The molecule has 0 N–H and O–H groups in total. The number of carbonyl (C=O) groups excluding carboxylic acids is 1. The van der Waals surface area contributed by atoms with Gasteiger partial charge in [0.25, 0.3) is 0 Å². The van der Waals surface area contributed by atoms with Crippen molar-refractivity contribution in [3.05, 3.63) is 29.8 Å². The van der Waals surface area contributed by atoms with Crippen molar-refractivity contribution >= 4 is 17.5 Å². The van der Waals surface area contributed by atoms with Crippen LogP contribution < -0.4 is 0 Å². The quantitative estimate of drug-likeness (QED) is 0.587. The highest BCUT2D eigenvalue weighted by atomic mass is 32.2. The van der Waals surface area contributed by atoms with Gasteiger partial charge >= 0.3 is 0 Å². The van der Waals surface area contributed by atoms with Crippen LogP contribution in [0.3, 0.4) is 0 Å². The number of thioether (sulfide) groups is 1. The number of hydrogen-bond donors (Lipinski definition) is 0. The Labute approximate surface area is 131 Å². The Morgan fingerprint density at radius 2 is 1.90 bits per heavy atom. The molecule has 1 saturated heterocycles. The van der Waals surface area contributed by atoms with E-state index in [2.05, 4.69) is 0 Å². The highest BCUT2D eigenvalue weighted by Crippen LogP contribution is 2.42. The average Bonchev–Trinajstić information content (AvgIpc) is 2.89. The van der Waals surface area contributed by atoms with E-state index in [9.17, 15) is 4.79 Å². The zero-order chi connectivity index (χ0) is 14.7. The van der Waals surface area contributed by atoms with Crippen LogP contribution >= 0.6 is 11.8 Å². The molecule has 0 amide bonds. The van der Waals surface area contributed by atoms with Crippen LogP contribution in [-0.4, -0.2) is 23.2 Å². The molecule has 1 spiro atoms. The Balaban J connectivity index is 1.50. The minimum absolute atomic E-state index is 0.130. The molecular weight excluding hydrogens is 280 g/mol. The van der Waals surface area contributed by atoms with Crippen LogP contribution in [0.2, 0.25) is 0 Å². The molecule has 0 radical (unpaired) electrons. The van der Waals surface area contributed by atoms with Crippen molar-refractivity contribution in [2.24, 2.45) is 0 Å². The van der Waals surface area contributed by atoms with Crippen LogP contribution in [0.5, 0.6) is 0 Å². The van der Waals surface area contributed by atoms with Gasteiger partial charge in [0.2, 0.25) is 0 Å². The van der Waals surface area contributed by atoms with Crippen LogP contribution in [0.1, 0.15) is 62.2 Å². The Kier molecular flexibility index (Phi) is 4.70. The number of hydrogen-bond acceptors (Lipinski definition) is 3. The summed E-state index contributed by atoms with van der Waals surface area (Å²) >= 11 is 1.85. The smallest absolute Gasteiger partial charge is 0.159 e. The molecule has 3 heteroatoms. The van der Waals surface area contributed by atoms with Crippen molar-refractivity contribution in [2.45, 2.75) is 68.5 Å². The number of rotatable bonds is 4. The Morgan fingerprint density at radius 1 is 1.19 bits per heavy atom. The summed E-state index contributed by atoms with van der Waals surface area (Å²) in [6, 6.07) is 7.94. The lowest BCUT2D eigenvalue weighted by Crippen LogP contribution is -2.32. The van der Waals surface area contributed by atoms with Crippen molar-refractivity contribution < 1.29 is 9.53 Å². The third kappa shape index (κ3) is 3.70. The minimum atomic E-state index is 0.130. The number of ether oxygens (including phenoxy) is 1. The zero-order valence-electron chi connectivity index (χ0n) is 12.8. The summed E-state index contributed by atoms with van der Waals surface area (Å²) in [4.78, 5) is 12.5. The van der Waals surface area contributed by atoms with Crippen LogP contribution in [0.15, 0.2) is 29.2 Å². The number of benzene rings is 1. The van der Waals surface area contributed by atoms with Gasteiger partial charge in [0.15, 0.2) is 5.78 Å². The summed E-state index contributed by atoms with van der Waals surface area (Å²) in [5.41, 5.74) is 1.01. The van der Waals surface area contributed by atoms with E-state index in [1.807, 2.05) is 36.0 Å². The van der Waals surface area contributed by atoms with Crippen molar-refractivity contribution in [3.63, 3.8) is 0 Å². The molecule has 1 saturated carbocycles. The lowest BCUT2D eigenvalue weighted by molar-refractivity contribution is -0.0555. The lowest BCUT2D eigenvalue weighted by atomic mass is 9.83. The first-order valence-corrected chi connectivity index (χ1v) is 9.07. The van der Waals surface area contributed by atoms with E-state index in [4.69, 9.17) is 4.74 Å². The first-order valence-electron chi connectivity index (χ1n) is 8.09. The van der Waals surface area contributed by atoms with Crippen molar-refractivity contribution in [3.8, 4) is 0 Å². The SMILES string of the molecule is CC(=O)c1ccc(SCC2CCC3(CCCCC3)O2)cc1. The van der Waals surface area contributed by atoms with Gasteiger partial charge in [0.05, 0.1) is 11.7 Å². The van der Waals surface area contributed by atoms with Gasteiger partial charge in [-0.2, -0.15) is 0 Å². The molecule has 1 aromatic carbocycles. The van der Waals surface area contributed by atoms with Gasteiger partial charge in [-0.25, -0.2) is 0 Å². The minimum Gasteiger partial charge on any atom is -0.371 e. The second-order valence-electron chi connectivity index (χ2n) is 6.41. The molecule has 0 aromatic heterocycles. The summed E-state index contributed by atoms with van der Waals surface area (Å²) in [6.45, 7) is 1.61. The molecule has 114 valence electrons. The van der Waals surface area contributed by atoms with Gasteiger partial charge in [-0.3, -0.25) is 4.79 Å². The van der Waals surface area contributed by atoms with Gasteiger partial charge < -0.3 is 4.74 Å². The standard InChI is InChI=1S/C18H24O2S/c1-14(19)15-5-7-17(8-6-15)21-13-16-9-12-18(20-16)10-3-2-4-11-18/h5-8,16H,2-4,9-13H2,1H3. The van der Waals surface area contributed by atoms with E-state index < -0.39 is 0 Å². The molecule has 21 heavy (non-hydrogen) atoms. The second kappa shape index (κ2) is 6.53. The fourth-order valence-corrected chi connectivity index (χ4v) is 4.49. The maximum atomic E-state index is 11.3. The molecule has 1 aliphatic carbocycles. The van der Waals surface area contributed by atoms with E-state index >= 15 is 0 Å². The molecule has 1 atom stereocenters. The van der Waals surface area contributed by atoms with Crippen LogP contribution in [-0.2, 0) is 4.74 Å². The first-order chi connectivity index (χ1) is 10.2. The van der Waals surface area contributed by atoms with E-state index in [1.165, 1.54) is 49.8 Å². The number of ketones is 1. The summed E-state index contributed by atoms with van der Waals surface area (Å²) in [6.07, 6.45) is 9.45. The molecule has 2 nitrogen and oxygen atoms in total. The van der Waals surface area contributed by atoms with E-state index in [1.54, 1.807) is 6.92 Å². The molecule has 1 aromatic rings. The summed E-state index contributed by atoms with van der Waals surface area (Å²) in [7, 11) is 0. The molecule has 0 bridgehead atoms. The Hall–Kier alpha value is -0.800. The van der Waals surface area contributed by atoms with E-state index in [0.29, 0.717) is 6.10 Å². The van der Waals surface area contributed by atoms with E-state index in [-0.39, 0.29) is 11.4 Å². The Bertz CT molecular complexity index is 488. The predicted octanol–water partition coefficient (Wildman–Crippen LogP) is 4.86. The Morgan fingerprint density at radius 3 is 2.57 bits per heavy atom. The number of Topliss-reactive ketones (excluding diaryl/α,β-unsaturated/α-hetero) is 1. The van der Waals surface area contributed by atoms with Crippen molar-refractivity contribution in [1.82, 2.24) is 0 Å². The van der Waals surface area contributed by atoms with Gasteiger partial charge in [0, 0.05) is 16.2 Å². The summed E-state index contributed by atoms with van der Waals surface area (Å²) in [5, 5.41) is 0. The van der Waals surface area contributed by atoms with Gasteiger partial charge in [0.1, 0.15) is 0 Å². The van der Waals surface area contributed by atoms with Crippen LogP contribution in [0.4, 0.5) is 0 Å². The normalized spacial score (nSPS) is 24.3. The highest BCUT2D eigenvalue weighted by molar-refractivity contribution is 7.99. The largest absolute Gasteiger partial charge is 0.371 e. The molecule has 2 fully saturated rings. The predicted molar refractivity (Wildman–Crippen MR) is 87.1 cm³/mol. The van der Waals surface area contributed by atoms with Crippen LogP contribution in [0.25, 0.3) is 0 Å². The zero-order valence-corrected chi connectivity index (χ0v) is 13.6. The molecule has 3 rings (SSSR count). The first kappa shape index (κ1) is 15.1. The molecule has 1 aliphatic heterocycles. The van der Waals surface area contributed by atoms with Gasteiger partial charge in [-0.15, -0.1) is 11.8 Å². The second-order valence-corrected chi connectivity index (χ2v) is 7.51. The maximum absolute atomic E-state index is 11.3. The molecule has 2 aliphatic rings. The van der Waals surface area contributed by atoms with Crippen molar-refractivity contribution in [2.75, 3.05) is 5.75 Å². The highest BCUT2D eigenvalue weighted by Gasteiger charge is 2.40. The third-order valence-corrected chi connectivity index (χ3v) is 5.94. The summed E-state index contributed by atoms with van der Waals surface area (Å²) in [5.74, 6) is 1.16. The number of carbonyl (C=O) groups is 1. The van der Waals surface area contributed by atoms with Crippen molar-refractivity contribution in [1.29, 1.82) is 0 Å². The van der Waals surface area contributed by atoms with Gasteiger partial charge in [-0.1, -0.05) is 31.4 Å². The van der Waals surface area contributed by atoms with Gasteiger partial charge in [-0.05, 0) is 44.7 Å². The molecule has 1 unspecified atom stereocenters. The fraction of sp³-hybridized carbons (Fsp3) is 0.611. The average molecular weight is 304 g/mol. The van der Waals surface area contributed by atoms with Crippen LogP contribution in [0, 0.1) is 0 Å². The topological polar surface area (TPSA) is 26.3 Å². The third-order valence-electron chi connectivity index (χ3n) is 4.80. The molecular formula is C18H24O2S. The molecule has 1 heterocycles. The monoisotopic (exact) mass is 304 g/mol. The lowest BCUT2D eigenvalue weighted by Gasteiger charge is -2.33. The fourth-order valence-electron chi connectivity index (χ4n) is 3.55. The maximum Gasteiger partial charge on any atom is 0.159 e. The van der Waals surface area contributed by atoms with E-state index in [0.717, 1.165) is 11.3 Å². The summed E-state index contributed by atoms with van der Waals surface area (Å²) < 4.78 is 6.40.